The molecule has 114 valence electrons. The van der Waals surface area contributed by atoms with Crippen molar-refractivity contribution in [2.45, 2.75) is 19.9 Å². The minimum absolute atomic E-state index is 0.0888. The van der Waals surface area contributed by atoms with Gasteiger partial charge in [-0.2, -0.15) is 5.10 Å². The zero-order valence-electron chi connectivity index (χ0n) is 11.7. The third-order valence-electron chi connectivity index (χ3n) is 3.04. The molecule has 22 heavy (non-hydrogen) atoms. The molecule has 0 aliphatic carbocycles. The standard InChI is InChI=1S/C14H13N3O5/c1-2-16-14(20)10(8-13(18)19)7-12(15-16)9-4-3-5-11(6-9)17(21)22/h3-7H,2,8H2,1H3,(H,18,19). The van der Waals surface area contributed by atoms with Gasteiger partial charge < -0.3 is 5.11 Å². The molecule has 8 heteroatoms. The zero-order chi connectivity index (χ0) is 16.3. The molecule has 0 saturated carbocycles. The first-order valence-corrected chi connectivity index (χ1v) is 6.50. The monoisotopic (exact) mass is 303 g/mol. The fourth-order valence-corrected chi connectivity index (χ4v) is 2.02. The van der Waals surface area contributed by atoms with E-state index in [4.69, 9.17) is 5.11 Å². The van der Waals surface area contributed by atoms with Crippen LogP contribution in [-0.2, 0) is 17.8 Å². The van der Waals surface area contributed by atoms with Gasteiger partial charge in [0.1, 0.15) is 0 Å². The van der Waals surface area contributed by atoms with Crippen LogP contribution in [0.4, 0.5) is 5.69 Å². The number of nitro benzene ring substituents is 1. The topological polar surface area (TPSA) is 115 Å². The molecule has 0 aliphatic heterocycles. The number of hydrogen-bond donors (Lipinski definition) is 1. The molecule has 0 unspecified atom stereocenters. The summed E-state index contributed by atoms with van der Waals surface area (Å²) in [6, 6.07) is 7.16. The van der Waals surface area contributed by atoms with Crippen molar-refractivity contribution in [3.63, 3.8) is 0 Å². The average molecular weight is 303 g/mol. The summed E-state index contributed by atoms with van der Waals surface area (Å²) in [5.41, 5.74) is 0.280. The Kier molecular flexibility index (Phi) is 4.31. The van der Waals surface area contributed by atoms with Gasteiger partial charge in [-0.1, -0.05) is 12.1 Å². The molecule has 2 aromatic rings. The Hall–Kier alpha value is -3.03. The lowest BCUT2D eigenvalue weighted by atomic mass is 10.1. The molecule has 1 N–H and O–H groups in total. The Morgan fingerprint density at radius 3 is 2.73 bits per heavy atom. The Balaban J connectivity index is 2.60. The second kappa shape index (κ2) is 6.17. The third-order valence-corrected chi connectivity index (χ3v) is 3.04. The summed E-state index contributed by atoms with van der Waals surface area (Å²) in [4.78, 5) is 33.2. The van der Waals surface area contributed by atoms with Gasteiger partial charge in [-0.15, -0.1) is 0 Å². The van der Waals surface area contributed by atoms with Crippen molar-refractivity contribution in [2.24, 2.45) is 0 Å². The van der Waals surface area contributed by atoms with Crippen LogP contribution in [-0.4, -0.2) is 25.8 Å². The Bertz CT molecular complexity index is 797. The van der Waals surface area contributed by atoms with Crippen LogP contribution in [0.1, 0.15) is 12.5 Å². The molecule has 0 aliphatic rings. The van der Waals surface area contributed by atoms with Gasteiger partial charge in [0.15, 0.2) is 0 Å². The maximum absolute atomic E-state index is 12.0. The molecule has 0 atom stereocenters. The smallest absolute Gasteiger partial charge is 0.308 e. The average Bonchev–Trinajstić information content (AvgIpc) is 2.49. The number of hydrogen-bond acceptors (Lipinski definition) is 5. The highest BCUT2D eigenvalue weighted by molar-refractivity contribution is 5.71. The molecule has 2 rings (SSSR count). The molecule has 0 fully saturated rings. The molecular weight excluding hydrogens is 290 g/mol. The first-order chi connectivity index (χ1) is 10.4. The summed E-state index contributed by atoms with van der Waals surface area (Å²) in [5.74, 6) is -1.13. The van der Waals surface area contributed by atoms with E-state index in [1.807, 2.05) is 0 Å². The zero-order valence-corrected chi connectivity index (χ0v) is 11.7. The molecular formula is C14H13N3O5. The normalized spacial score (nSPS) is 10.4. The van der Waals surface area contributed by atoms with Crippen LogP contribution in [0.5, 0.6) is 0 Å². The van der Waals surface area contributed by atoms with Gasteiger partial charge in [0, 0.05) is 29.8 Å². The van der Waals surface area contributed by atoms with E-state index in [1.165, 1.54) is 24.3 Å². The maximum Gasteiger partial charge on any atom is 0.308 e. The highest BCUT2D eigenvalue weighted by Crippen LogP contribution is 2.22. The number of aryl methyl sites for hydroxylation is 1. The number of carboxylic acid groups (broad SMARTS) is 1. The van der Waals surface area contributed by atoms with Crippen LogP contribution in [0.2, 0.25) is 0 Å². The van der Waals surface area contributed by atoms with Crippen LogP contribution in [0.15, 0.2) is 35.1 Å². The lowest BCUT2D eigenvalue weighted by Crippen LogP contribution is -2.27. The molecule has 0 spiro atoms. The summed E-state index contributed by atoms with van der Waals surface area (Å²) in [7, 11) is 0. The Morgan fingerprint density at radius 1 is 1.41 bits per heavy atom. The SMILES string of the molecule is CCn1nc(-c2cccc([N+](=O)[O-])c2)cc(CC(=O)O)c1=O. The van der Waals surface area contributed by atoms with Gasteiger partial charge in [-0.05, 0) is 13.0 Å². The first kappa shape index (κ1) is 15.4. The van der Waals surface area contributed by atoms with Gasteiger partial charge >= 0.3 is 5.97 Å². The van der Waals surface area contributed by atoms with Gasteiger partial charge in [0.25, 0.3) is 11.2 Å². The van der Waals surface area contributed by atoms with Crippen LogP contribution < -0.4 is 5.56 Å². The molecule has 0 bridgehead atoms. The third kappa shape index (κ3) is 3.17. The summed E-state index contributed by atoms with van der Waals surface area (Å²) in [6.07, 6.45) is -0.427. The Labute approximate surface area is 124 Å². The second-order valence-electron chi connectivity index (χ2n) is 4.55. The molecule has 8 nitrogen and oxygen atoms in total. The van der Waals surface area contributed by atoms with Crippen molar-refractivity contribution in [3.8, 4) is 11.3 Å². The van der Waals surface area contributed by atoms with Gasteiger partial charge in [0.05, 0.1) is 17.0 Å². The number of benzene rings is 1. The van der Waals surface area contributed by atoms with Crippen LogP contribution in [0, 0.1) is 10.1 Å². The van der Waals surface area contributed by atoms with Crippen molar-refractivity contribution in [3.05, 3.63) is 56.4 Å². The number of rotatable bonds is 5. The van der Waals surface area contributed by atoms with Crippen molar-refractivity contribution in [1.29, 1.82) is 0 Å². The molecule has 1 aromatic heterocycles. The number of nitrogens with zero attached hydrogens (tertiary/aromatic N) is 3. The van der Waals surface area contributed by atoms with Crippen molar-refractivity contribution >= 4 is 11.7 Å². The van der Waals surface area contributed by atoms with Crippen LogP contribution >= 0.6 is 0 Å². The maximum atomic E-state index is 12.0. The molecule has 1 heterocycles. The Morgan fingerprint density at radius 2 is 2.14 bits per heavy atom. The van der Waals surface area contributed by atoms with Gasteiger partial charge in [0.2, 0.25) is 0 Å². The van der Waals surface area contributed by atoms with Crippen molar-refractivity contribution < 1.29 is 14.8 Å². The van der Waals surface area contributed by atoms with E-state index in [0.717, 1.165) is 4.68 Å². The minimum Gasteiger partial charge on any atom is -0.481 e. The predicted molar refractivity (Wildman–Crippen MR) is 77.6 cm³/mol. The summed E-state index contributed by atoms with van der Waals surface area (Å²) in [5, 5.41) is 23.8. The van der Waals surface area contributed by atoms with E-state index < -0.39 is 22.9 Å². The number of aliphatic carboxylic acids is 1. The fraction of sp³-hybridized carbons (Fsp3) is 0.214. The van der Waals surface area contributed by atoms with E-state index in [1.54, 1.807) is 13.0 Å². The summed E-state index contributed by atoms with van der Waals surface area (Å²) in [6.45, 7) is 1.98. The van der Waals surface area contributed by atoms with E-state index in [2.05, 4.69) is 5.10 Å². The molecule has 1 aromatic carbocycles. The summed E-state index contributed by atoms with van der Waals surface area (Å²) >= 11 is 0. The largest absolute Gasteiger partial charge is 0.481 e. The first-order valence-electron chi connectivity index (χ1n) is 6.50. The number of carbonyl (C=O) groups is 1. The number of non-ortho nitro benzene ring substituents is 1. The van der Waals surface area contributed by atoms with Gasteiger partial charge in [-0.25, -0.2) is 4.68 Å². The van der Waals surface area contributed by atoms with E-state index in [0.29, 0.717) is 11.3 Å². The van der Waals surface area contributed by atoms with E-state index in [-0.39, 0.29) is 17.8 Å². The number of nitro groups is 1. The van der Waals surface area contributed by atoms with Crippen LogP contribution in [0.3, 0.4) is 0 Å². The minimum atomic E-state index is -1.13. The van der Waals surface area contributed by atoms with E-state index >= 15 is 0 Å². The molecule has 0 saturated heterocycles. The van der Waals surface area contributed by atoms with Crippen molar-refractivity contribution in [2.75, 3.05) is 0 Å². The predicted octanol–water partition coefficient (Wildman–Crippen LogP) is 1.47. The quantitative estimate of drug-likeness (QED) is 0.660. The fourth-order valence-electron chi connectivity index (χ4n) is 2.02. The number of carboxylic acids is 1. The van der Waals surface area contributed by atoms with Crippen LogP contribution in [0.25, 0.3) is 11.3 Å². The lowest BCUT2D eigenvalue weighted by Gasteiger charge is -2.08. The number of aromatic nitrogens is 2. The van der Waals surface area contributed by atoms with Gasteiger partial charge in [-0.3, -0.25) is 19.7 Å². The second-order valence-corrected chi connectivity index (χ2v) is 4.55. The van der Waals surface area contributed by atoms with Crippen molar-refractivity contribution in [1.82, 2.24) is 9.78 Å². The summed E-state index contributed by atoms with van der Waals surface area (Å²) < 4.78 is 1.15. The highest BCUT2D eigenvalue weighted by Gasteiger charge is 2.14. The van der Waals surface area contributed by atoms with E-state index in [9.17, 15) is 19.7 Å². The molecule has 0 radical (unpaired) electrons. The molecule has 0 amide bonds. The lowest BCUT2D eigenvalue weighted by molar-refractivity contribution is -0.384. The highest BCUT2D eigenvalue weighted by atomic mass is 16.6.